The van der Waals surface area contributed by atoms with Crippen LogP contribution in [0.4, 0.5) is 13.2 Å². The van der Waals surface area contributed by atoms with Crippen LogP contribution in [0.5, 0.6) is 0 Å². The van der Waals surface area contributed by atoms with Gasteiger partial charge in [-0.1, -0.05) is 0 Å². The first-order valence-electron chi connectivity index (χ1n) is 9.91. The molecule has 1 aliphatic rings. The fourth-order valence-electron chi connectivity index (χ4n) is 3.33. The molecule has 13 heteroatoms. The Morgan fingerprint density at radius 2 is 2.12 bits per heavy atom. The van der Waals surface area contributed by atoms with E-state index in [1.165, 1.54) is 17.0 Å². The topological polar surface area (TPSA) is 113 Å². The van der Waals surface area contributed by atoms with Crippen molar-refractivity contribution in [2.45, 2.75) is 38.7 Å². The number of furan rings is 1. The molecule has 0 radical (unpaired) electrons. The van der Waals surface area contributed by atoms with Crippen LogP contribution in [0.3, 0.4) is 0 Å². The van der Waals surface area contributed by atoms with Crippen LogP contribution in [-0.2, 0) is 17.9 Å². The minimum Gasteiger partial charge on any atom is -0.475 e. The summed E-state index contributed by atoms with van der Waals surface area (Å²) in [5, 5.41) is 17.3. The van der Waals surface area contributed by atoms with E-state index in [9.17, 15) is 18.0 Å². The number of carbonyl (C=O) groups excluding carboxylic acids is 1. The number of carbonyl (C=O) groups is 2. The zero-order valence-corrected chi connectivity index (χ0v) is 18.4. The summed E-state index contributed by atoms with van der Waals surface area (Å²) in [6.07, 6.45) is -0.718. The predicted molar refractivity (Wildman–Crippen MR) is 112 cm³/mol. The fourth-order valence-corrected chi connectivity index (χ4v) is 3.93. The molecule has 0 fully saturated rings. The monoisotopic (exact) mass is 485 g/mol. The van der Waals surface area contributed by atoms with Crippen LogP contribution < -0.4 is 5.32 Å². The maximum Gasteiger partial charge on any atom is 0.490 e. The van der Waals surface area contributed by atoms with Crippen LogP contribution in [0.1, 0.15) is 39.4 Å². The molecule has 0 spiro atoms. The molecule has 3 aromatic rings. The first-order valence-corrected chi connectivity index (χ1v) is 10.8. The third kappa shape index (κ3) is 6.89. The minimum absolute atomic E-state index is 0.113. The predicted octanol–water partition coefficient (Wildman–Crippen LogP) is 3.25. The molecule has 9 nitrogen and oxygen atoms in total. The SMILES string of the molecule is Cc1nc(C(=O)NCCC2CN(Cc3ccco3)Cc3ccnn32)cs1.O=C(O)C(F)(F)F. The third-order valence-corrected chi connectivity index (χ3v) is 5.54. The second-order valence-corrected chi connectivity index (χ2v) is 8.33. The van der Waals surface area contributed by atoms with E-state index in [1.807, 2.05) is 25.3 Å². The van der Waals surface area contributed by atoms with Gasteiger partial charge in [0.1, 0.15) is 11.5 Å². The normalized spacial score (nSPS) is 15.9. The lowest BCUT2D eigenvalue weighted by atomic mass is 10.1. The van der Waals surface area contributed by atoms with Crippen molar-refractivity contribution in [3.63, 3.8) is 0 Å². The molecule has 3 aromatic heterocycles. The van der Waals surface area contributed by atoms with E-state index < -0.39 is 12.1 Å². The fraction of sp³-hybridized carbons (Fsp3) is 0.400. The molecule has 1 atom stereocenters. The van der Waals surface area contributed by atoms with Gasteiger partial charge >= 0.3 is 12.1 Å². The molecule has 0 aliphatic carbocycles. The number of hydrogen-bond acceptors (Lipinski definition) is 7. The highest BCUT2D eigenvalue weighted by Crippen LogP contribution is 2.24. The number of carboxylic acids is 1. The van der Waals surface area contributed by atoms with Gasteiger partial charge in [0, 0.05) is 31.2 Å². The summed E-state index contributed by atoms with van der Waals surface area (Å²) in [6.45, 7) is 4.99. The van der Waals surface area contributed by atoms with E-state index in [1.54, 1.807) is 11.6 Å². The van der Waals surface area contributed by atoms with Gasteiger partial charge in [0.15, 0.2) is 0 Å². The van der Waals surface area contributed by atoms with E-state index in [2.05, 4.69) is 31.0 Å². The van der Waals surface area contributed by atoms with E-state index in [0.717, 1.165) is 36.8 Å². The summed E-state index contributed by atoms with van der Waals surface area (Å²) in [5.74, 6) is -1.91. The summed E-state index contributed by atoms with van der Waals surface area (Å²) in [6, 6.07) is 6.19. The lowest BCUT2D eigenvalue weighted by Crippen LogP contribution is -2.38. The number of nitrogens with one attached hydrogen (secondary N) is 1. The highest BCUT2D eigenvalue weighted by Gasteiger charge is 2.38. The van der Waals surface area contributed by atoms with Crippen LogP contribution in [0.2, 0.25) is 0 Å². The van der Waals surface area contributed by atoms with Crippen molar-refractivity contribution >= 4 is 23.2 Å². The van der Waals surface area contributed by atoms with Crippen molar-refractivity contribution in [2.75, 3.05) is 13.1 Å². The molecular weight excluding hydrogens is 463 g/mol. The highest BCUT2D eigenvalue weighted by atomic mass is 32.1. The Labute approximate surface area is 190 Å². The molecule has 4 rings (SSSR count). The van der Waals surface area contributed by atoms with Gasteiger partial charge in [-0.05, 0) is 31.5 Å². The smallest absolute Gasteiger partial charge is 0.475 e. The number of thiazole rings is 1. The number of aryl methyl sites for hydroxylation is 1. The number of hydrogen-bond donors (Lipinski definition) is 2. The third-order valence-electron chi connectivity index (χ3n) is 4.77. The average molecular weight is 485 g/mol. The number of aliphatic carboxylic acids is 1. The number of nitrogens with zero attached hydrogens (tertiary/aromatic N) is 4. The zero-order chi connectivity index (χ0) is 24.0. The number of alkyl halides is 3. The molecule has 0 bridgehead atoms. The molecule has 0 saturated heterocycles. The number of halogens is 3. The molecule has 2 N–H and O–H groups in total. The number of fused-ring (bicyclic) bond motifs is 1. The lowest BCUT2D eigenvalue weighted by Gasteiger charge is -2.33. The van der Waals surface area contributed by atoms with Gasteiger partial charge in [-0.2, -0.15) is 18.3 Å². The van der Waals surface area contributed by atoms with Crippen LogP contribution in [-0.4, -0.2) is 55.9 Å². The second kappa shape index (κ2) is 10.6. The summed E-state index contributed by atoms with van der Waals surface area (Å²) in [4.78, 5) is 27.6. The van der Waals surface area contributed by atoms with Gasteiger partial charge in [-0.3, -0.25) is 14.4 Å². The summed E-state index contributed by atoms with van der Waals surface area (Å²) in [5.41, 5.74) is 1.68. The van der Waals surface area contributed by atoms with E-state index in [4.69, 9.17) is 14.3 Å². The Hall–Kier alpha value is -3.19. The Bertz CT molecular complexity index is 1060. The molecule has 1 aliphatic heterocycles. The molecular formula is C20H22F3N5O4S. The second-order valence-electron chi connectivity index (χ2n) is 7.27. The number of carboxylic acid groups (broad SMARTS) is 1. The number of aromatic nitrogens is 3. The van der Waals surface area contributed by atoms with E-state index in [0.29, 0.717) is 12.2 Å². The Balaban J connectivity index is 0.000000383. The maximum atomic E-state index is 12.2. The highest BCUT2D eigenvalue weighted by molar-refractivity contribution is 7.09. The Morgan fingerprint density at radius 3 is 2.73 bits per heavy atom. The first kappa shape index (κ1) is 24.5. The van der Waals surface area contributed by atoms with E-state index >= 15 is 0 Å². The van der Waals surface area contributed by atoms with E-state index in [-0.39, 0.29) is 11.9 Å². The first-order chi connectivity index (χ1) is 15.6. The summed E-state index contributed by atoms with van der Waals surface area (Å²) in [7, 11) is 0. The van der Waals surface area contributed by atoms with Crippen LogP contribution >= 0.6 is 11.3 Å². The minimum atomic E-state index is -5.08. The van der Waals surface area contributed by atoms with Crippen molar-refractivity contribution in [1.29, 1.82) is 0 Å². The van der Waals surface area contributed by atoms with Crippen molar-refractivity contribution in [3.05, 3.63) is 58.2 Å². The van der Waals surface area contributed by atoms with Crippen molar-refractivity contribution in [2.24, 2.45) is 0 Å². The Kier molecular flexibility index (Phi) is 7.87. The van der Waals surface area contributed by atoms with Crippen LogP contribution in [0.25, 0.3) is 0 Å². The van der Waals surface area contributed by atoms with Crippen molar-refractivity contribution < 1.29 is 32.3 Å². The maximum absolute atomic E-state index is 12.2. The van der Waals surface area contributed by atoms with Gasteiger partial charge in [0.2, 0.25) is 0 Å². The molecule has 0 aromatic carbocycles. The van der Waals surface area contributed by atoms with Gasteiger partial charge < -0.3 is 14.8 Å². The van der Waals surface area contributed by atoms with Crippen LogP contribution in [0.15, 0.2) is 40.5 Å². The quantitative estimate of drug-likeness (QED) is 0.551. The number of rotatable bonds is 6. The van der Waals surface area contributed by atoms with Crippen molar-refractivity contribution in [3.8, 4) is 0 Å². The summed E-state index contributed by atoms with van der Waals surface area (Å²) < 4.78 is 39.3. The largest absolute Gasteiger partial charge is 0.490 e. The number of amides is 1. The van der Waals surface area contributed by atoms with Gasteiger partial charge in [-0.25, -0.2) is 9.78 Å². The molecule has 4 heterocycles. The molecule has 178 valence electrons. The molecule has 1 unspecified atom stereocenters. The zero-order valence-electron chi connectivity index (χ0n) is 17.6. The van der Waals surface area contributed by atoms with Crippen molar-refractivity contribution in [1.82, 2.24) is 25.0 Å². The molecule has 0 saturated carbocycles. The van der Waals surface area contributed by atoms with Gasteiger partial charge in [0.05, 0.1) is 29.6 Å². The molecule has 1 amide bonds. The van der Waals surface area contributed by atoms with Gasteiger partial charge in [0.25, 0.3) is 5.91 Å². The summed E-state index contributed by atoms with van der Waals surface area (Å²) >= 11 is 1.49. The standard InChI is InChI=1S/C18H21N5O2S.C2HF3O2/c1-13-21-17(12-26-13)18(24)19-6-4-14-9-22(11-16-3-2-8-25-16)10-15-5-7-20-23(14)15;3-2(4,5)1(6)7/h2-3,5,7-8,12,14H,4,6,9-11H2,1H3,(H,19,24);(H,6,7). The van der Waals surface area contributed by atoms with Crippen LogP contribution in [0, 0.1) is 6.92 Å². The molecule has 33 heavy (non-hydrogen) atoms. The average Bonchev–Trinajstić information content (AvgIpc) is 3.49. The Morgan fingerprint density at radius 1 is 1.36 bits per heavy atom. The lowest BCUT2D eigenvalue weighted by molar-refractivity contribution is -0.192. The van der Waals surface area contributed by atoms with Gasteiger partial charge in [-0.15, -0.1) is 11.3 Å².